The van der Waals surface area contributed by atoms with Crippen molar-refractivity contribution in [1.82, 2.24) is 10.6 Å². The molecule has 3 N–H and O–H groups in total. The molecule has 0 spiro atoms. The summed E-state index contributed by atoms with van der Waals surface area (Å²) in [7, 11) is 1.66. The van der Waals surface area contributed by atoms with Crippen LogP contribution in [-0.4, -0.2) is 36.8 Å². The molecule has 1 saturated heterocycles. The topological polar surface area (TPSA) is 70.6 Å². The monoisotopic (exact) mass is 264 g/mol. The highest BCUT2D eigenvalue weighted by Gasteiger charge is 2.28. The first kappa shape index (κ1) is 14.0. The van der Waals surface area contributed by atoms with Crippen LogP contribution in [0.3, 0.4) is 0 Å². The molecule has 104 valence electrons. The van der Waals surface area contributed by atoms with Gasteiger partial charge in [-0.25, -0.2) is 0 Å². The molecule has 0 saturated carbocycles. The van der Waals surface area contributed by atoms with Gasteiger partial charge in [-0.05, 0) is 17.5 Å². The van der Waals surface area contributed by atoms with E-state index in [-0.39, 0.29) is 24.7 Å². The van der Waals surface area contributed by atoms with Crippen LogP contribution in [0.5, 0.6) is 0 Å². The number of hydrogen-bond acceptors (Lipinski definition) is 4. The number of ether oxygens (including phenoxy) is 1. The van der Waals surface area contributed by atoms with Gasteiger partial charge in [-0.15, -0.1) is 0 Å². The molecule has 2 unspecified atom stereocenters. The van der Waals surface area contributed by atoms with Crippen LogP contribution < -0.4 is 10.6 Å². The first-order chi connectivity index (χ1) is 9.22. The smallest absolute Gasteiger partial charge is 0.237 e. The van der Waals surface area contributed by atoms with Crippen molar-refractivity contribution in [1.29, 1.82) is 0 Å². The van der Waals surface area contributed by atoms with E-state index >= 15 is 0 Å². The van der Waals surface area contributed by atoms with Crippen LogP contribution in [0.1, 0.15) is 17.5 Å². The van der Waals surface area contributed by atoms with Crippen LogP contribution in [0, 0.1) is 0 Å². The predicted octanol–water partition coefficient (Wildman–Crippen LogP) is 0.172. The fourth-order valence-corrected chi connectivity index (χ4v) is 2.23. The minimum absolute atomic E-state index is 0.00560. The molecular weight excluding hydrogens is 244 g/mol. The van der Waals surface area contributed by atoms with Crippen LogP contribution in [0.4, 0.5) is 0 Å². The fraction of sp³-hybridized carbons (Fsp3) is 0.500. The molecule has 5 heteroatoms. The van der Waals surface area contributed by atoms with Gasteiger partial charge in [-0.3, -0.25) is 4.79 Å². The molecule has 0 radical (unpaired) electrons. The van der Waals surface area contributed by atoms with E-state index < -0.39 is 0 Å². The van der Waals surface area contributed by atoms with Gasteiger partial charge in [0.15, 0.2) is 0 Å². The number of amides is 1. The summed E-state index contributed by atoms with van der Waals surface area (Å²) in [6, 6.07) is 7.38. The molecule has 1 heterocycles. The minimum Gasteiger partial charge on any atom is -0.392 e. The number of methoxy groups -OCH3 is 1. The summed E-state index contributed by atoms with van der Waals surface area (Å²) >= 11 is 0. The molecule has 1 amide bonds. The van der Waals surface area contributed by atoms with Crippen molar-refractivity contribution in [2.24, 2.45) is 0 Å². The summed E-state index contributed by atoms with van der Waals surface area (Å²) < 4.78 is 5.21. The number of carbonyl (C=O) groups excluding carboxylic acids is 1. The van der Waals surface area contributed by atoms with Crippen LogP contribution in [0.25, 0.3) is 0 Å². The Morgan fingerprint density at radius 2 is 2.32 bits per heavy atom. The van der Waals surface area contributed by atoms with Crippen molar-refractivity contribution in [3.63, 3.8) is 0 Å². The quantitative estimate of drug-likeness (QED) is 0.709. The number of aliphatic hydroxyl groups excluding tert-OH is 1. The Bertz CT molecular complexity index is 436. The zero-order valence-corrected chi connectivity index (χ0v) is 11.1. The molecule has 0 aromatic heterocycles. The highest BCUT2D eigenvalue weighted by atomic mass is 16.5. The first-order valence-electron chi connectivity index (χ1n) is 6.45. The van der Waals surface area contributed by atoms with E-state index in [2.05, 4.69) is 10.6 Å². The SMILES string of the molecule is COC1CNC(C(=O)NCc2cccc(CO)c2)C1. The summed E-state index contributed by atoms with van der Waals surface area (Å²) in [4.78, 5) is 12.0. The third-order valence-corrected chi connectivity index (χ3v) is 3.38. The Kier molecular flexibility index (Phi) is 4.90. The van der Waals surface area contributed by atoms with Crippen LogP contribution in [0.15, 0.2) is 24.3 Å². The molecule has 19 heavy (non-hydrogen) atoms. The number of aliphatic hydroxyl groups is 1. The third kappa shape index (κ3) is 3.76. The number of benzene rings is 1. The lowest BCUT2D eigenvalue weighted by atomic mass is 10.1. The first-order valence-corrected chi connectivity index (χ1v) is 6.45. The van der Waals surface area contributed by atoms with E-state index in [1.54, 1.807) is 7.11 Å². The van der Waals surface area contributed by atoms with Crippen molar-refractivity contribution >= 4 is 5.91 Å². The fourth-order valence-electron chi connectivity index (χ4n) is 2.23. The van der Waals surface area contributed by atoms with Crippen molar-refractivity contribution in [3.05, 3.63) is 35.4 Å². The molecule has 1 aromatic rings. The number of rotatable bonds is 5. The normalized spacial score (nSPS) is 22.4. The van der Waals surface area contributed by atoms with E-state index in [1.807, 2.05) is 24.3 Å². The number of carbonyl (C=O) groups is 1. The van der Waals surface area contributed by atoms with E-state index in [0.29, 0.717) is 19.5 Å². The lowest BCUT2D eigenvalue weighted by Crippen LogP contribution is -2.40. The number of hydrogen-bond donors (Lipinski definition) is 3. The standard InChI is InChI=1S/C14H20N2O3/c1-19-12-6-13(15-8-12)14(18)16-7-10-3-2-4-11(5-10)9-17/h2-5,12-13,15,17H,6-9H2,1H3,(H,16,18). The Hall–Kier alpha value is -1.43. The lowest BCUT2D eigenvalue weighted by Gasteiger charge is -2.11. The second kappa shape index (κ2) is 6.65. The lowest BCUT2D eigenvalue weighted by molar-refractivity contribution is -0.123. The van der Waals surface area contributed by atoms with Gasteiger partial charge in [0, 0.05) is 20.2 Å². The third-order valence-electron chi connectivity index (χ3n) is 3.38. The second-order valence-electron chi connectivity index (χ2n) is 4.75. The highest BCUT2D eigenvalue weighted by Crippen LogP contribution is 2.10. The van der Waals surface area contributed by atoms with Crippen molar-refractivity contribution in [2.75, 3.05) is 13.7 Å². The number of nitrogens with one attached hydrogen (secondary N) is 2. The molecule has 5 nitrogen and oxygen atoms in total. The Labute approximate surface area is 113 Å². The molecule has 1 aliphatic rings. The van der Waals surface area contributed by atoms with Crippen molar-refractivity contribution in [2.45, 2.75) is 31.7 Å². The molecule has 1 fully saturated rings. The Balaban J connectivity index is 1.83. The summed E-state index contributed by atoms with van der Waals surface area (Å²) in [6.07, 6.45) is 0.826. The van der Waals surface area contributed by atoms with Gasteiger partial charge in [0.1, 0.15) is 0 Å². The van der Waals surface area contributed by atoms with E-state index in [0.717, 1.165) is 11.1 Å². The zero-order valence-electron chi connectivity index (χ0n) is 11.1. The van der Waals surface area contributed by atoms with Gasteiger partial charge >= 0.3 is 0 Å². The summed E-state index contributed by atoms with van der Waals surface area (Å²) in [5, 5.41) is 15.1. The molecule has 2 atom stereocenters. The largest absolute Gasteiger partial charge is 0.392 e. The Morgan fingerprint density at radius 1 is 1.53 bits per heavy atom. The maximum absolute atomic E-state index is 12.0. The van der Waals surface area contributed by atoms with E-state index in [9.17, 15) is 4.79 Å². The van der Waals surface area contributed by atoms with Gasteiger partial charge in [0.05, 0.1) is 18.8 Å². The highest BCUT2D eigenvalue weighted by molar-refractivity contribution is 5.82. The second-order valence-corrected chi connectivity index (χ2v) is 4.75. The average molecular weight is 264 g/mol. The van der Waals surface area contributed by atoms with E-state index in [4.69, 9.17) is 9.84 Å². The Morgan fingerprint density at radius 3 is 3.00 bits per heavy atom. The van der Waals surface area contributed by atoms with Crippen LogP contribution in [0.2, 0.25) is 0 Å². The van der Waals surface area contributed by atoms with Crippen LogP contribution in [-0.2, 0) is 22.7 Å². The maximum atomic E-state index is 12.0. The molecular formula is C14H20N2O3. The molecule has 2 rings (SSSR count). The molecule has 0 bridgehead atoms. The van der Waals surface area contributed by atoms with Gasteiger partial charge < -0.3 is 20.5 Å². The molecule has 1 aromatic carbocycles. The molecule has 1 aliphatic heterocycles. The average Bonchev–Trinajstić information content (AvgIpc) is 2.94. The summed E-state index contributed by atoms with van der Waals surface area (Å²) in [5.74, 6) is -0.00560. The van der Waals surface area contributed by atoms with Gasteiger partial charge in [-0.1, -0.05) is 24.3 Å². The molecule has 0 aliphatic carbocycles. The summed E-state index contributed by atoms with van der Waals surface area (Å²) in [5.41, 5.74) is 1.84. The van der Waals surface area contributed by atoms with Gasteiger partial charge in [0.25, 0.3) is 0 Å². The summed E-state index contributed by atoms with van der Waals surface area (Å²) in [6.45, 7) is 1.21. The zero-order chi connectivity index (χ0) is 13.7. The van der Waals surface area contributed by atoms with Gasteiger partial charge in [0.2, 0.25) is 5.91 Å². The van der Waals surface area contributed by atoms with Crippen molar-refractivity contribution in [3.8, 4) is 0 Å². The van der Waals surface area contributed by atoms with E-state index in [1.165, 1.54) is 0 Å². The maximum Gasteiger partial charge on any atom is 0.237 e. The predicted molar refractivity (Wildman–Crippen MR) is 71.4 cm³/mol. The minimum atomic E-state index is -0.175. The van der Waals surface area contributed by atoms with Crippen molar-refractivity contribution < 1.29 is 14.6 Å². The van der Waals surface area contributed by atoms with Gasteiger partial charge in [-0.2, -0.15) is 0 Å². The van der Waals surface area contributed by atoms with Crippen LogP contribution >= 0.6 is 0 Å².